The third-order valence-electron chi connectivity index (χ3n) is 3.16. The highest BCUT2D eigenvalue weighted by Crippen LogP contribution is 2.35. The maximum Gasteiger partial charge on any atom is 0.0606 e. The monoisotopic (exact) mass is 220 g/mol. The van der Waals surface area contributed by atoms with E-state index in [-0.39, 0.29) is 6.61 Å². The Kier molecular flexibility index (Phi) is 3.46. The van der Waals surface area contributed by atoms with Crippen LogP contribution in [0.3, 0.4) is 0 Å². The Morgan fingerprint density at radius 3 is 2.75 bits per heavy atom. The van der Waals surface area contributed by atoms with Gasteiger partial charge in [-0.25, -0.2) is 0 Å². The van der Waals surface area contributed by atoms with E-state index in [2.05, 4.69) is 24.0 Å². The quantitative estimate of drug-likeness (QED) is 0.789. The molecule has 0 amide bonds. The number of nitrogens with zero attached hydrogens (tertiary/aromatic N) is 1. The molecule has 0 atom stereocenters. The van der Waals surface area contributed by atoms with Crippen LogP contribution < -0.4 is 10.6 Å². The minimum Gasteiger partial charge on any atom is -0.395 e. The third kappa shape index (κ3) is 2.20. The van der Waals surface area contributed by atoms with Gasteiger partial charge in [0.2, 0.25) is 0 Å². The molecule has 1 aromatic rings. The number of benzene rings is 1. The van der Waals surface area contributed by atoms with E-state index < -0.39 is 0 Å². The van der Waals surface area contributed by atoms with E-state index in [1.165, 1.54) is 29.7 Å². The highest BCUT2D eigenvalue weighted by molar-refractivity contribution is 5.60. The van der Waals surface area contributed by atoms with Crippen molar-refractivity contribution < 1.29 is 5.11 Å². The summed E-state index contributed by atoms with van der Waals surface area (Å²) in [6, 6.07) is 6.85. The normalized spacial score (nSPS) is 15.2. The Hall–Kier alpha value is -1.06. The summed E-state index contributed by atoms with van der Waals surface area (Å²) in [6.45, 7) is 3.59. The molecule has 1 fully saturated rings. The van der Waals surface area contributed by atoms with Crippen LogP contribution in [0.25, 0.3) is 0 Å². The van der Waals surface area contributed by atoms with Gasteiger partial charge in [0.15, 0.2) is 0 Å². The van der Waals surface area contributed by atoms with E-state index in [1.54, 1.807) is 0 Å². The van der Waals surface area contributed by atoms with Gasteiger partial charge in [-0.2, -0.15) is 0 Å². The standard InChI is InChI=1S/C13H20N2O/c1-10-3-2-4-11(9-14)13(10)15(7-8-16)12-5-6-12/h2-4,12,16H,5-9,14H2,1H3. The molecule has 1 aliphatic carbocycles. The van der Waals surface area contributed by atoms with Crippen LogP contribution in [0.4, 0.5) is 5.69 Å². The summed E-state index contributed by atoms with van der Waals surface area (Å²) >= 11 is 0. The lowest BCUT2D eigenvalue weighted by molar-refractivity contribution is 0.301. The zero-order valence-corrected chi connectivity index (χ0v) is 9.82. The van der Waals surface area contributed by atoms with Crippen molar-refractivity contribution in [3.05, 3.63) is 29.3 Å². The van der Waals surface area contributed by atoms with Gasteiger partial charge in [0, 0.05) is 24.8 Å². The van der Waals surface area contributed by atoms with Crippen LogP contribution in [0, 0.1) is 6.92 Å². The van der Waals surface area contributed by atoms with Crippen LogP contribution >= 0.6 is 0 Å². The van der Waals surface area contributed by atoms with E-state index in [0.29, 0.717) is 19.1 Å². The number of aliphatic hydroxyl groups is 1. The third-order valence-corrected chi connectivity index (χ3v) is 3.16. The van der Waals surface area contributed by atoms with Crippen molar-refractivity contribution in [1.82, 2.24) is 0 Å². The van der Waals surface area contributed by atoms with Gasteiger partial charge in [-0.3, -0.25) is 0 Å². The predicted molar refractivity (Wildman–Crippen MR) is 66.5 cm³/mol. The lowest BCUT2D eigenvalue weighted by Gasteiger charge is -2.28. The van der Waals surface area contributed by atoms with E-state index in [0.717, 1.165) is 0 Å². The van der Waals surface area contributed by atoms with Gasteiger partial charge < -0.3 is 15.7 Å². The zero-order valence-electron chi connectivity index (χ0n) is 9.82. The van der Waals surface area contributed by atoms with Crippen molar-refractivity contribution in [3.63, 3.8) is 0 Å². The Bertz CT molecular complexity index is 361. The van der Waals surface area contributed by atoms with Gasteiger partial charge in [0.1, 0.15) is 0 Å². The molecule has 3 heteroatoms. The molecule has 1 aromatic carbocycles. The first kappa shape index (κ1) is 11.4. The van der Waals surface area contributed by atoms with Crippen LogP contribution in [0.5, 0.6) is 0 Å². The average Bonchev–Trinajstić information content (AvgIpc) is 3.10. The molecule has 0 aliphatic heterocycles. The Labute approximate surface area is 96.9 Å². The summed E-state index contributed by atoms with van der Waals surface area (Å²) in [5, 5.41) is 9.16. The first-order chi connectivity index (χ1) is 7.77. The molecule has 0 aromatic heterocycles. The number of hydrogen-bond acceptors (Lipinski definition) is 3. The van der Waals surface area contributed by atoms with Crippen molar-refractivity contribution in [2.75, 3.05) is 18.1 Å². The van der Waals surface area contributed by atoms with Gasteiger partial charge in [0.05, 0.1) is 6.61 Å². The number of nitrogens with two attached hydrogens (primary N) is 1. The largest absolute Gasteiger partial charge is 0.395 e. The summed E-state index contributed by atoms with van der Waals surface area (Å²) in [5.41, 5.74) is 9.46. The molecule has 0 bridgehead atoms. The Balaban J connectivity index is 2.34. The van der Waals surface area contributed by atoms with E-state index in [9.17, 15) is 0 Å². The molecule has 1 aliphatic rings. The fraction of sp³-hybridized carbons (Fsp3) is 0.538. The first-order valence-corrected chi connectivity index (χ1v) is 5.94. The second-order valence-corrected chi connectivity index (χ2v) is 4.43. The number of para-hydroxylation sites is 1. The van der Waals surface area contributed by atoms with Gasteiger partial charge in [0.25, 0.3) is 0 Å². The SMILES string of the molecule is Cc1cccc(CN)c1N(CCO)C1CC1. The van der Waals surface area contributed by atoms with Gasteiger partial charge in [-0.05, 0) is 30.9 Å². The summed E-state index contributed by atoms with van der Waals surface area (Å²) in [7, 11) is 0. The first-order valence-electron chi connectivity index (χ1n) is 5.94. The zero-order chi connectivity index (χ0) is 11.5. The lowest BCUT2D eigenvalue weighted by Crippen LogP contribution is -2.30. The fourth-order valence-corrected chi connectivity index (χ4v) is 2.27. The highest BCUT2D eigenvalue weighted by atomic mass is 16.3. The number of aryl methyl sites for hydroxylation is 1. The van der Waals surface area contributed by atoms with E-state index >= 15 is 0 Å². The predicted octanol–water partition coefficient (Wildman–Crippen LogP) is 1.41. The second kappa shape index (κ2) is 4.85. The minimum absolute atomic E-state index is 0.203. The number of anilines is 1. The van der Waals surface area contributed by atoms with Crippen molar-refractivity contribution in [2.45, 2.75) is 32.4 Å². The number of aliphatic hydroxyl groups excluding tert-OH is 1. The number of rotatable bonds is 5. The summed E-state index contributed by atoms with van der Waals surface area (Å²) in [4.78, 5) is 2.32. The maximum atomic E-state index is 9.16. The molecule has 0 spiro atoms. The van der Waals surface area contributed by atoms with Crippen LogP contribution in [0.1, 0.15) is 24.0 Å². The Morgan fingerprint density at radius 2 is 2.19 bits per heavy atom. The second-order valence-electron chi connectivity index (χ2n) is 4.43. The van der Waals surface area contributed by atoms with Crippen molar-refractivity contribution >= 4 is 5.69 Å². The van der Waals surface area contributed by atoms with E-state index in [1.807, 2.05) is 6.07 Å². The van der Waals surface area contributed by atoms with Crippen molar-refractivity contribution in [1.29, 1.82) is 0 Å². The topological polar surface area (TPSA) is 49.5 Å². The van der Waals surface area contributed by atoms with Crippen LogP contribution in [-0.4, -0.2) is 24.3 Å². The van der Waals surface area contributed by atoms with Gasteiger partial charge in [-0.1, -0.05) is 18.2 Å². The van der Waals surface area contributed by atoms with Crippen LogP contribution in [0.2, 0.25) is 0 Å². The average molecular weight is 220 g/mol. The van der Waals surface area contributed by atoms with E-state index in [4.69, 9.17) is 10.8 Å². The number of hydrogen-bond donors (Lipinski definition) is 2. The van der Waals surface area contributed by atoms with Gasteiger partial charge >= 0.3 is 0 Å². The molecule has 16 heavy (non-hydrogen) atoms. The molecule has 3 nitrogen and oxygen atoms in total. The molecular formula is C13H20N2O. The summed E-state index contributed by atoms with van der Waals surface area (Å²) in [6.07, 6.45) is 2.47. The van der Waals surface area contributed by atoms with Gasteiger partial charge in [-0.15, -0.1) is 0 Å². The van der Waals surface area contributed by atoms with Crippen LogP contribution in [0.15, 0.2) is 18.2 Å². The summed E-state index contributed by atoms with van der Waals surface area (Å²) < 4.78 is 0. The van der Waals surface area contributed by atoms with Crippen molar-refractivity contribution in [2.24, 2.45) is 5.73 Å². The molecule has 0 heterocycles. The smallest absolute Gasteiger partial charge is 0.0606 e. The molecule has 0 radical (unpaired) electrons. The molecule has 1 saturated carbocycles. The molecule has 2 rings (SSSR count). The lowest BCUT2D eigenvalue weighted by atomic mass is 10.1. The maximum absolute atomic E-state index is 9.16. The van der Waals surface area contributed by atoms with Crippen LogP contribution in [-0.2, 0) is 6.54 Å². The molecular weight excluding hydrogens is 200 g/mol. The summed E-state index contributed by atoms with van der Waals surface area (Å²) in [5.74, 6) is 0. The highest BCUT2D eigenvalue weighted by Gasteiger charge is 2.30. The molecule has 88 valence electrons. The molecule has 0 unspecified atom stereocenters. The van der Waals surface area contributed by atoms with Crippen molar-refractivity contribution in [3.8, 4) is 0 Å². The fourth-order valence-electron chi connectivity index (χ4n) is 2.27. The molecule has 3 N–H and O–H groups in total. The minimum atomic E-state index is 0.203. The molecule has 0 saturated heterocycles. The Morgan fingerprint density at radius 1 is 1.44 bits per heavy atom.